The average molecular weight is 448 g/mol. The summed E-state index contributed by atoms with van der Waals surface area (Å²) in [5.74, 6) is -1.00. The number of hydrogen-bond donors (Lipinski definition) is 1. The maximum atomic E-state index is 13.2. The van der Waals surface area contributed by atoms with E-state index in [1.165, 1.54) is 4.90 Å². The minimum absolute atomic E-state index is 0.0387. The summed E-state index contributed by atoms with van der Waals surface area (Å²) < 4.78 is 5.49. The van der Waals surface area contributed by atoms with Crippen LogP contribution in [0.1, 0.15) is 29.7 Å². The molecule has 1 aliphatic rings. The zero-order valence-corrected chi connectivity index (χ0v) is 18.5. The smallest absolute Gasteiger partial charge is 0.300 e. The minimum Gasteiger partial charge on any atom is -0.507 e. The summed E-state index contributed by atoms with van der Waals surface area (Å²) >= 11 is 5.97. The molecular formula is C26H22ClNO4. The van der Waals surface area contributed by atoms with Crippen LogP contribution in [0, 0.1) is 6.92 Å². The molecule has 1 heterocycles. The zero-order chi connectivity index (χ0) is 22.8. The van der Waals surface area contributed by atoms with Crippen molar-refractivity contribution in [1.29, 1.82) is 0 Å². The lowest BCUT2D eigenvalue weighted by atomic mass is 9.94. The van der Waals surface area contributed by atoms with Gasteiger partial charge >= 0.3 is 0 Å². The van der Waals surface area contributed by atoms with Gasteiger partial charge < -0.3 is 9.84 Å². The molecule has 0 aliphatic carbocycles. The number of hydrogen-bond acceptors (Lipinski definition) is 4. The predicted molar refractivity (Wildman–Crippen MR) is 125 cm³/mol. The molecule has 1 saturated heterocycles. The summed E-state index contributed by atoms with van der Waals surface area (Å²) in [6.07, 6.45) is 0. The lowest BCUT2D eigenvalue weighted by molar-refractivity contribution is -0.132. The topological polar surface area (TPSA) is 66.8 Å². The number of rotatable bonds is 5. The Labute approximate surface area is 191 Å². The van der Waals surface area contributed by atoms with Gasteiger partial charge in [0, 0.05) is 16.3 Å². The molecule has 5 nitrogen and oxygen atoms in total. The van der Waals surface area contributed by atoms with Crippen molar-refractivity contribution in [2.24, 2.45) is 0 Å². The third kappa shape index (κ3) is 3.99. The molecule has 1 N–H and O–H groups in total. The van der Waals surface area contributed by atoms with Crippen molar-refractivity contribution in [3.63, 3.8) is 0 Å². The number of ether oxygens (including phenoxy) is 1. The van der Waals surface area contributed by atoms with Gasteiger partial charge in [-0.05, 0) is 67.9 Å². The number of aliphatic hydroxyl groups excluding tert-OH is 1. The van der Waals surface area contributed by atoms with Gasteiger partial charge in [-0.15, -0.1) is 0 Å². The number of carbonyl (C=O) groups is 2. The fraction of sp³-hybridized carbons (Fsp3) is 0.154. The van der Waals surface area contributed by atoms with E-state index in [1.54, 1.807) is 48.5 Å². The van der Waals surface area contributed by atoms with Gasteiger partial charge in [0.05, 0.1) is 18.2 Å². The number of ketones is 1. The lowest BCUT2D eigenvalue weighted by Crippen LogP contribution is -2.29. The van der Waals surface area contributed by atoms with Gasteiger partial charge in [0.25, 0.3) is 11.7 Å². The number of carbonyl (C=O) groups excluding carboxylic acids is 2. The van der Waals surface area contributed by atoms with E-state index in [0.29, 0.717) is 28.6 Å². The first-order valence-electron chi connectivity index (χ1n) is 10.3. The zero-order valence-electron chi connectivity index (χ0n) is 17.7. The first-order chi connectivity index (χ1) is 15.4. The molecule has 0 spiro atoms. The van der Waals surface area contributed by atoms with Gasteiger partial charge in [-0.25, -0.2) is 0 Å². The number of amides is 1. The Kier molecular flexibility index (Phi) is 6.01. The van der Waals surface area contributed by atoms with Crippen LogP contribution in [0.4, 0.5) is 5.69 Å². The minimum atomic E-state index is -0.775. The molecule has 1 amide bonds. The summed E-state index contributed by atoms with van der Waals surface area (Å²) in [5.41, 5.74) is 2.70. The van der Waals surface area contributed by atoms with E-state index in [2.05, 4.69) is 0 Å². The van der Waals surface area contributed by atoms with Crippen LogP contribution >= 0.6 is 11.6 Å². The highest BCUT2D eigenvalue weighted by atomic mass is 35.5. The summed E-state index contributed by atoms with van der Waals surface area (Å²) in [6.45, 7) is 4.35. The highest BCUT2D eigenvalue weighted by molar-refractivity contribution is 6.51. The van der Waals surface area contributed by atoms with Gasteiger partial charge in [0.15, 0.2) is 0 Å². The Bertz CT molecular complexity index is 1200. The lowest BCUT2D eigenvalue weighted by Gasteiger charge is -2.26. The summed E-state index contributed by atoms with van der Waals surface area (Å²) in [5, 5.41) is 11.6. The molecule has 0 saturated carbocycles. The van der Waals surface area contributed by atoms with Crippen LogP contribution in [0.5, 0.6) is 5.75 Å². The van der Waals surface area contributed by atoms with Crippen molar-refractivity contribution in [2.75, 3.05) is 11.5 Å². The van der Waals surface area contributed by atoms with E-state index in [0.717, 1.165) is 11.1 Å². The Hall–Kier alpha value is -3.57. The van der Waals surface area contributed by atoms with Gasteiger partial charge in [0.2, 0.25) is 0 Å². The quantitative estimate of drug-likeness (QED) is 0.310. The summed E-state index contributed by atoms with van der Waals surface area (Å²) in [7, 11) is 0. The SMILES string of the molecule is CCOc1ccc(N2C(=O)C(=O)/C(=C(\O)c3ccc(Cl)cc3)C2c2cccc(C)c2)cc1. The average Bonchev–Trinajstić information content (AvgIpc) is 3.05. The molecule has 0 bridgehead atoms. The molecule has 0 radical (unpaired) electrons. The fourth-order valence-electron chi connectivity index (χ4n) is 3.89. The van der Waals surface area contributed by atoms with E-state index in [1.807, 2.05) is 38.1 Å². The van der Waals surface area contributed by atoms with Crippen LogP contribution in [0.2, 0.25) is 5.02 Å². The maximum Gasteiger partial charge on any atom is 0.300 e. The Morgan fingerprint density at radius 2 is 1.72 bits per heavy atom. The highest BCUT2D eigenvalue weighted by Crippen LogP contribution is 2.42. The predicted octanol–water partition coefficient (Wildman–Crippen LogP) is 5.67. The second-order valence-corrected chi connectivity index (χ2v) is 7.95. The van der Waals surface area contributed by atoms with Crippen LogP contribution < -0.4 is 9.64 Å². The van der Waals surface area contributed by atoms with Gasteiger partial charge in [-0.3, -0.25) is 14.5 Å². The maximum absolute atomic E-state index is 13.2. The Morgan fingerprint density at radius 1 is 1.03 bits per heavy atom. The molecular weight excluding hydrogens is 426 g/mol. The van der Waals surface area contributed by atoms with Crippen molar-refractivity contribution < 1.29 is 19.4 Å². The van der Waals surface area contributed by atoms with Crippen molar-refractivity contribution in [3.8, 4) is 5.75 Å². The molecule has 3 aromatic carbocycles. The number of aryl methyl sites for hydroxylation is 1. The molecule has 1 fully saturated rings. The Balaban J connectivity index is 1.89. The first-order valence-corrected chi connectivity index (χ1v) is 10.6. The van der Waals surface area contributed by atoms with Crippen LogP contribution in [-0.4, -0.2) is 23.4 Å². The van der Waals surface area contributed by atoms with Crippen molar-refractivity contribution in [1.82, 2.24) is 0 Å². The van der Waals surface area contributed by atoms with E-state index in [-0.39, 0.29) is 11.3 Å². The molecule has 6 heteroatoms. The highest BCUT2D eigenvalue weighted by Gasteiger charge is 2.47. The monoisotopic (exact) mass is 447 g/mol. The van der Waals surface area contributed by atoms with Gasteiger partial charge in [-0.1, -0.05) is 41.4 Å². The van der Waals surface area contributed by atoms with Crippen LogP contribution in [0.3, 0.4) is 0 Å². The third-order valence-corrected chi connectivity index (χ3v) is 5.60. The number of benzene rings is 3. The molecule has 32 heavy (non-hydrogen) atoms. The molecule has 1 aliphatic heterocycles. The molecule has 1 atom stereocenters. The van der Waals surface area contributed by atoms with Crippen LogP contribution in [0.15, 0.2) is 78.4 Å². The van der Waals surface area contributed by atoms with Crippen molar-refractivity contribution in [2.45, 2.75) is 19.9 Å². The standard InChI is InChI=1S/C26H22ClNO4/c1-3-32-21-13-11-20(12-14-21)28-23(18-6-4-5-16(2)15-18)22(25(30)26(28)31)24(29)17-7-9-19(27)10-8-17/h4-15,23,29H,3H2,1-2H3/b24-22-. The molecule has 0 aromatic heterocycles. The van der Waals surface area contributed by atoms with E-state index in [4.69, 9.17) is 16.3 Å². The van der Waals surface area contributed by atoms with Gasteiger partial charge in [0.1, 0.15) is 11.5 Å². The van der Waals surface area contributed by atoms with Crippen LogP contribution in [-0.2, 0) is 9.59 Å². The molecule has 3 aromatic rings. The normalized spacial score (nSPS) is 17.6. The van der Waals surface area contributed by atoms with Gasteiger partial charge in [-0.2, -0.15) is 0 Å². The molecule has 4 rings (SSSR count). The summed E-state index contributed by atoms with van der Waals surface area (Å²) in [4.78, 5) is 27.7. The molecule has 1 unspecified atom stereocenters. The van der Waals surface area contributed by atoms with Crippen molar-refractivity contribution in [3.05, 3.63) is 100 Å². The number of anilines is 1. The number of aliphatic hydroxyl groups is 1. The van der Waals surface area contributed by atoms with Crippen LogP contribution in [0.25, 0.3) is 5.76 Å². The van der Waals surface area contributed by atoms with E-state index >= 15 is 0 Å². The Morgan fingerprint density at radius 3 is 2.34 bits per heavy atom. The van der Waals surface area contributed by atoms with Crippen molar-refractivity contribution >= 4 is 34.7 Å². The third-order valence-electron chi connectivity index (χ3n) is 5.35. The van der Waals surface area contributed by atoms with E-state index in [9.17, 15) is 14.7 Å². The second kappa shape index (κ2) is 8.89. The largest absolute Gasteiger partial charge is 0.507 e. The fourth-order valence-corrected chi connectivity index (χ4v) is 4.01. The number of halogens is 1. The number of nitrogens with zero attached hydrogens (tertiary/aromatic N) is 1. The van der Waals surface area contributed by atoms with E-state index < -0.39 is 17.7 Å². The second-order valence-electron chi connectivity index (χ2n) is 7.52. The summed E-state index contributed by atoms with van der Waals surface area (Å²) in [6, 6.07) is 20.3. The molecule has 162 valence electrons. The number of Topliss-reactive ketones (excluding diaryl/α,β-unsaturated/α-hetero) is 1. The first kappa shape index (κ1) is 21.7.